The average molecular weight is 478 g/mol. The highest BCUT2D eigenvalue weighted by Crippen LogP contribution is 2.14. The quantitative estimate of drug-likeness (QED) is 0.326. The lowest BCUT2D eigenvalue weighted by atomic mass is 10.1. The van der Waals surface area contributed by atoms with Crippen molar-refractivity contribution in [3.05, 3.63) is 17.0 Å². The van der Waals surface area contributed by atoms with Crippen molar-refractivity contribution in [2.45, 2.75) is 66.5 Å². The van der Waals surface area contributed by atoms with E-state index in [9.17, 15) is 0 Å². The van der Waals surface area contributed by atoms with E-state index in [1.807, 2.05) is 11.7 Å². The summed E-state index contributed by atoms with van der Waals surface area (Å²) in [7, 11) is 4.17. The number of likely N-dealkylation sites (N-methyl/N-ethyl adjacent to an activating group) is 1. The molecule has 6 nitrogen and oxygen atoms in total. The topological polar surface area (TPSA) is 57.5 Å². The van der Waals surface area contributed by atoms with Gasteiger partial charge in [-0.2, -0.15) is 5.10 Å². The van der Waals surface area contributed by atoms with Gasteiger partial charge in [-0.05, 0) is 60.1 Å². The minimum atomic E-state index is 0. The molecule has 1 heterocycles. The zero-order valence-electron chi connectivity index (χ0n) is 17.9. The van der Waals surface area contributed by atoms with E-state index >= 15 is 0 Å². The van der Waals surface area contributed by atoms with Crippen molar-refractivity contribution in [1.29, 1.82) is 0 Å². The first-order valence-electron chi connectivity index (χ1n) is 9.54. The summed E-state index contributed by atoms with van der Waals surface area (Å²) in [4.78, 5) is 7.09. The van der Waals surface area contributed by atoms with Crippen molar-refractivity contribution in [3.63, 3.8) is 0 Å². The smallest absolute Gasteiger partial charge is 0.191 e. The molecule has 2 atom stereocenters. The molecule has 7 heteroatoms. The molecule has 0 bridgehead atoms. The Labute approximate surface area is 177 Å². The number of halogens is 1. The fourth-order valence-electron chi connectivity index (χ4n) is 2.88. The van der Waals surface area contributed by atoms with E-state index in [0.29, 0.717) is 12.1 Å². The number of aryl methyl sites for hydroxylation is 2. The number of aliphatic imine (C=N–C) groups is 1. The van der Waals surface area contributed by atoms with Gasteiger partial charge in [-0.3, -0.25) is 9.67 Å². The van der Waals surface area contributed by atoms with Gasteiger partial charge < -0.3 is 15.5 Å². The summed E-state index contributed by atoms with van der Waals surface area (Å²) in [6.07, 6.45) is 2.11. The molecule has 1 aromatic heterocycles. The summed E-state index contributed by atoms with van der Waals surface area (Å²) in [6, 6.07) is 0.896. The maximum Gasteiger partial charge on any atom is 0.191 e. The van der Waals surface area contributed by atoms with E-state index < -0.39 is 0 Å². The van der Waals surface area contributed by atoms with Crippen LogP contribution in [0.3, 0.4) is 0 Å². The fourth-order valence-corrected chi connectivity index (χ4v) is 2.88. The molecule has 1 rings (SSSR count). The monoisotopic (exact) mass is 478 g/mol. The van der Waals surface area contributed by atoms with Gasteiger partial charge in [0.2, 0.25) is 0 Å². The van der Waals surface area contributed by atoms with Crippen LogP contribution in [0.25, 0.3) is 0 Å². The number of nitrogens with one attached hydrogen (secondary N) is 2. The van der Waals surface area contributed by atoms with Gasteiger partial charge in [0.25, 0.3) is 0 Å². The SMILES string of the molecule is CCNC(=NCCN(C)C(C)CC)NC(C)Cc1c(C)nn(C)c1C.I. The lowest BCUT2D eigenvalue weighted by Gasteiger charge is -2.23. The number of guanidine groups is 1. The van der Waals surface area contributed by atoms with Crippen molar-refractivity contribution in [1.82, 2.24) is 25.3 Å². The molecule has 0 radical (unpaired) electrons. The van der Waals surface area contributed by atoms with Crippen LogP contribution >= 0.6 is 24.0 Å². The minimum absolute atomic E-state index is 0. The molecule has 0 aliphatic carbocycles. The van der Waals surface area contributed by atoms with E-state index in [-0.39, 0.29) is 24.0 Å². The molecule has 0 saturated carbocycles. The number of aromatic nitrogens is 2. The molecule has 0 aromatic carbocycles. The van der Waals surface area contributed by atoms with Crippen LogP contribution in [0, 0.1) is 13.8 Å². The third-order valence-electron chi connectivity index (χ3n) is 4.96. The van der Waals surface area contributed by atoms with Crippen LogP contribution < -0.4 is 10.6 Å². The molecule has 0 amide bonds. The molecular weight excluding hydrogens is 439 g/mol. The van der Waals surface area contributed by atoms with Crippen LogP contribution in [0.1, 0.15) is 51.1 Å². The normalized spacial score (nSPS) is 14.1. The Morgan fingerprint density at radius 3 is 2.42 bits per heavy atom. The average Bonchev–Trinajstić information content (AvgIpc) is 2.80. The molecule has 0 saturated heterocycles. The lowest BCUT2D eigenvalue weighted by Crippen LogP contribution is -2.43. The first-order chi connectivity index (χ1) is 11.8. The Morgan fingerprint density at radius 1 is 1.27 bits per heavy atom. The summed E-state index contributed by atoms with van der Waals surface area (Å²) < 4.78 is 1.96. The lowest BCUT2D eigenvalue weighted by molar-refractivity contribution is 0.259. The summed E-state index contributed by atoms with van der Waals surface area (Å²) >= 11 is 0. The molecule has 0 aliphatic rings. The second kappa shape index (κ2) is 12.5. The van der Waals surface area contributed by atoms with Crippen LogP contribution in [0.5, 0.6) is 0 Å². The van der Waals surface area contributed by atoms with Crippen molar-refractivity contribution in [2.75, 3.05) is 26.7 Å². The van der Waals surface area contributed by atoms with Gasteiger partial charge in [-0.1, -0.05) is 6.92 Å². The van der Waals surface area contributed by atoms with Crippen LogP contribution in [-0.4, -0.2) is 59.4 Å². The van der Waals surface area contributed by atoms with Crippen LogP contribution in [0.2, 0.25) is 0 Å². The van der Waals surface area contributed by atoms with E-state index in [2.05, 4.69) is 69.2 Å². The first-order valence-corrected chi connectivity index (χ1v) is 9.54. The van der Waals surface area contributed by atoms with Crippen molar-refractivity contribution < 1.29 is 0 Å². The number of nitrogens with zero attached hydrogens (tertiary/aromatic N) is 4. The second-order valence-electron chi connectivity index (χ2n) is 7.02. The Kier molecular flexibility index (Phi) is 12.1. The van der Waals surface area contributed by atoms with E-state index in [1.54, 1.807) is 0 Å². The van der Waals surface area contributed by atoms with Gasteiger partial charge in [-0.25, -0.2) is 0 Å². The molecule has 0 aliphatic heterocycles. The summed E-state index contributed by atoms with van der Waals surface area (Å²) in [6.45, 7) is 15.6. The maximum absolute atomic E-state index is 4.73. The largest absolute Gasteiger partial charge is 0.357 e. The molecule has 1 aromatic rings. The number of rotatable bonds is 9. The maximum atomic E-state index is 4.73. The summed E-state index contributed by atoms with van der Waals surface area (Å²) in [5.41, 5.74) is 3.68. The fraction of sp³-hybridized carbons (Fsp3) is 0.789. The van der Waals surface area contributed by atoms with Gasteiger partial charge in [-0.15, -0.1) is 24.0 Å². The van der Waals surface area contributed by atoms with Crippen molar-refractivity contribution in [2.24, 2.45) is 12.0 Å². The van der Waals surface area contributed by atoms with Crippen LogP contribution in [-0.2, 0) is 13.5 Å². The zero-order chi connectivity index (χ0) is 19.0. The third kappa shape index (κ3) is 7.82. The van der Waals surface area contributed by atoms with E-state index in [1.165, 1.54) is 17.7 Å². The summed E-state index contributed by atoms with van der Waals surface area (Å²) in [5.74, 6) is 0.895. The van der Waals surface area contributed by atoms with Gasteiger partial charge in [0.1, 0.15) is 0 Å². The van der Waals surface area contributed by atoms with Crippen molar-refractivity contribution >= 4 is 29.9 Å². The van der Waals surface area contributed by atoms with Gasteiger partial charge in [0.05, 0.1) is 12.2 Å². The molecule has 2 N–H and O–H groups in total. The third-order valence-corrected chi connectivity index (χ3v) is 4.96. The predicted octanol–water partition coefficient (Wildman–Crippen LogP) is 2.87. The predicted molar refractivity (Wildman–Crippen MR) is 123 cm³/mol. The molecule has 0 fully saturated rings. The zero-order valence-corrected chi connectivity index (χ0v) is 20.2. The minimum Gasteiger partial charge on any atom is -0.357 e. The van der Waals surface area contributed by atoms with Gasteiger partial charge in [0.15, 0.2) is 5.96 Å². The van der Waals surface area contributed by atoms with E-state index in [0.717, 1.165) is 37.7 Å². The second-order valence-corrected chi connectivity index (χ2v) is 7.02. The van der Waals surface area contributed by atoms with Crippen LogP contribution in [0.4, 0.5) is 0 Å². The molecular formula is C19H39IN6. The number of hydrogen-bond donors (Lipinski definition) is 2. The van der Waals surface area contributed by atoms with Gasteiger partial charge >= 0.3 is 0 Å². The Hall–Kier alpha value is -0.830. The molecule has 26 heavy (non-hydrogen) atoms. The Balaban J connectivity index is 0.00000625. The van der Waals surface area contributed by atoms with Crippen LogP contribution in [0.15, 0.2) is 4.99 Å². The number of hydrogen-bond acceptors (Lipinski definition) is 3. The summed E-state index contributed by atoms with van der Waals surface area (Å²) in [5, 5.41) is 11.4. The standard InChI is InChI=1S/C19H38N6.HI/c1-9-15(4)24(7)12-11-21-19(20-10-2)22-14(3)13-18-16(5)23-25(8)17(18)6;/h14-15H,9-13H2,1-8H3,(H2,20,21,22);1H. The Bertz CT molecular complexity index is 554. The van der Waals surface area contributed by atoms with Gasteiger partial charge in [0, 0.05) is 37.9 Å². The highest BCUT2D eigenvalue weighted by Gasteiger charge is 2.14. The highest BCUT2D eigenvalue weighted by molar-refractivity contribution is 14.0. The highest BCUT2D eigenvalue weighted by atomic mass is 127. The van der Waals surface area contributed by atoms with Crippen molar-refractivity contribution in [3.8, 4) is 0 Å². The first kappa shape index (κ1) is 25.2. The Morgan fingerprint density at radius 2 is 1.92 bits per heavy atom. The van der Waals surface area contributed by atoms with E-state index in [4.69, 9.17) is 4.99 Å². The molecule has 0 spiro atoms. The molecule has 2 unspecified atom stereocenters. The molecule has 152 valence electrons.